The maximum Gasteiger partial charge on any atom is 0.407 e. The number of carbonyl (C=O) groups is 1. The van der Waals surface area contributed by atoms with Crippen molar-refractivity contribution in [2.45, 2.75) is 19.9 Å². The Morgan fingerprint density at radius 2 is 2.22 bits per heavy atom. The minimum atomic E-state index is -0.537. The lowest BCUT2D eigenvalue weighted by Gasteiger charge is -2.39. The maximum absolute atomic E-state index is 14.0. The minimum absolute atomic E-state index is 0.237. The first-order valence-corrected chi connectivity index (χ1v) is 5.71. The van der Waals surface area contributed by atoms with Gasteiger partial charge in [-0.05, 0) is 12.1 Å². The average Bonchev–Trinajstić information content (AvgIpc) is 2.32. The first-order chi connectivity index (χ1) is 8.45. The Kier molecular flexibility index (Phi) is 3.15. The van der Waals surface area contributed by atoms with Crippen molar-refractivity contribution in [2.24, 2.45) is 5.41 Å². The molecule has 1 aliphatic heterocycles. The van der Waals surface area contributed by atoms with Gasteiger partial charge in [-0.15, -0.1) is 0 Å². The Labute approximate surface area is 105 Å². The van der Waals surface area contributed by atoms with Crippen LogP contribution in [0.4, 0.5) is 9.18 Å². The molecule has 1 N–H and O–H groups in total. The lowest BCUT2D eigenvalue weighted by atomic mass is 9.80. The summed E-state index contributed by atoms with van der Waals surface area (Å²) in [5, 5.41) is 2.66. The van der Waals surface area contributed by atoms with E-state index in [1.165, 1.54) is 13.2 Å². The minimum Gasteiger partial charge on any atom is -0.496 e. The number of hydrogen-bond donors (Lipinski definition) is 1. The van der Waals surface area contributed by atoms with Crippen LogP contribution in [0.2, 0.25) is 0 Å². The molecular formula is C13H16FNO3. The number of alkyl carbamates (subject to hydrolysis) is 1. The van der Waals surface area contributed by atoms with Crippen molar-refractivity contribution in [3.05, 3.63) is 29.6 Å². The second-order valence-corrected chi connectivity index (χ2v) is 5.00. The smallest absolute Gasteiger partial charge is 0.407 e. The third-order valence-corrected chi connectivity index (χ3v) is 3.14. The number of cyclic esters (lactones) is 1. The highest BCUT2D eigenvalue weighted by atomic mass is 19.1. The molecular weight excluding hydrogens is 237 g/mol. The average molecular weight is 253 g/mol. The van der Waals surface area contributed by atoms with Crippen LogP contribution in [0, 0.1) is 11.2 Å². The lowest BCUT2D eigenvalue weighted by molar-refractivity contribution is 0.0371. The molecule has 5 heteroatoms. The zero-order valence-electron chi connectivity index (χ0n) is 10.6. The third kappa shape index (κ3) is 2.12. The Bertz CT molecular complexity index is 473. The topological polar surface area (TPSA) is 47.6 Å². The number of carbonyl (C=O) groups excluding carboxylic acids is 1. The van der Waals surface area contributed by atoms with E-state index in [0.717, 1.165) is 0 Å². The standard InChI is InChI=1S/C13H16FNO3/c1-13(2)7-18-12(16)15-11(13)10-8(14)5-4-6-9(10)17-3/h4-6,11H,7H2,1-3H3,(H,15,16)/t11-/m0/s1. The summed E-state index contributed by atoms with van der Waals surface area (Å²) in [6.45, 7) is 4.05. The molecule has 0 aromatic heterocycles. The van der Waals surface area contributed by atoms with Crippen molar-refractivity contribution in [3.8, 4) is 5.75 Å². The van der Waals surface area contributed by atoms with Gasteiger partial charge in [0.05, 0.1) is 18.7 Å². The molecule has 1 heterocycles. The molecule has 1 amide bonds. The van der Waals surface area contributed by atoms with Crippen molar-refractivity contribution in [1.82, 2.24) is 5.32 Å². The fourth-order valence-electron chi connectivity index (χ4n) is 2.13. The molecule has 4 nitrogen and oxygen atoms in total. The Morgan fingerprint density at radius 1 is 1.50 bits per heavy atom. The molecule has 1 aliphatic rings. The van der Waals surface area contributed by atoms with Crippen LogP contribution in [0.25, 0.3) is 0 Å². The molecule has 1 aromatic carbocycles. The molecule has 1 atom stereocenters. The first kappa shape index (κ1) is 12.7. The number of methoxy groups -OCH3 is 1. The van der Waals surface area contributed by atoms with E-state index in [1.54, 1.807) is 12.1 Å². The number of ether oxygens (including phenoxy) is 2. The summed E-state index contributed by atoms with van der Waals surface area (Å²) < 4.78 is 24.1. The third-order valence-electron chi connectivity index (χ3n) is 3.14. The van der Waals surface area contributed by atoms with Crippen LogP contribution in [0.3, 0.4) is 0 Å². The SMILES string of the molecule is COc1cccc(F)c1[C@@H]1NC(=O)OCC1(C)C. The van der Waals surface area contributed by atoms with Crippen LogP contribution < -0.4 is 10.1 Å². The van der Waals surface area contributed by atoms with Gasteiger partial charge in [-0.2, -0.15) is 0 Å². The van der Waals surface area contributed by atoms with E-state index in [-0.39, 0.29) is 6.61 Å². The normalized spacial score (nSPS) is 22.0. The molecule has 18 heavy (non-hydrogen) atoms. The molecule has 98 valence electrons. The molecule has 0 unspecified atom stereocenters. The van der Waals surface area contributed by atoms with Crippen LogP contribution in [-0.4, -0.2) is 19.8 Å². The van der Waals surface area contributed by atoms with Crippen molar-refractivity contribution in [1.29, 1.82) is 0 Å². The van der Waals surface area contributed by atoms with E-state index in [4.69, 9.17) is 9.47 Å². The number of nitrogens with one attached hydrogen (secondary N) is 1. The van der Waals surface area contributed by atoms with Crippen molar-refractivity contribution < 1.29 is 18.7 Å². The first-order valence-electron chi connectivity index (χ1n) is 5.71. The number of hydrogen-bond acceptors (Lipinski definition) is 3. The van der Waals surface area contributed by atoms with Crippen molar-refractivity contribution in [3.63, 3.8) is 0 Å². The predicted molar refractivity (Wildman–Crippen MR) is 64.0 cm³/mol. The highest BCUT2D eigenvalue weighted by molar-refractivity contribution is 5.69. The molecule has 0 aliphatic carbocycles. The molecule has 1 aromatic rings. The summed E-state index contributed by atoms with van der Waals surface area (Å²) in [4.78, 5) is 11.3. The number of rotatable bonds is 2. The van der Waals surface area contributed by atoms with Gasteiger partial charge in [-0.3, -0.25) is 0 Å². The van der Waals surface area contributed by atoms with Gasteiger partial charge in [0.1, 0.15) is 18.2 Å². The highest BCUT2D eigenvalue weighted by Crippen LogP contribution is 2.41. The van der Waals surface area contributed by atoms with Gasteiger partial charge >= 0.3 is 6.09 Å². The summed E-state index contributed by atoms with van der Waals surface area (Å²) in [7, 11) is 1.48. The molecule has 0 saturated carbocycles. The van der Waals surface area contributed by atoms with Crippen molar-refractivity contribution >= 4 is 6.09 Å². The molecule has 1 fully saturated rings. The lowest BCUT2D eigenvalue weighted by Crippen LogP contribution is -2.47. The monoisotopic (exact) mass is 253 g/mol. The summed E-state index contributed by atoms with van der Waals surface area (Å²) in [6.07, 6.45) is -0.537. The van der Waals surface area contributed by atoms with Gasteiger partial charge in [-0.25, -0.2) is 9.18 Å². The van der Waals surface area contributed by atoms with Gasteiger partial charge in [0.15, 0.2) is 0 Å². The highest BCUT2D eigenvalue weighted by Gasteiger charge is 2.40. The second-order valence-electron chi connectivity index (χ2n) is 5.00. The zero-order chi connectivity index (χ0) is 13.3. The van der Waals surface area contributed by atoms with E-state index in [1.807, 2.05) is 13.8 Å². The van der Waals surface area contributed by atoms with Gasteiger partial charge in [-0.1, -0.05) is 19.9 Å². The van der Waals surface area contributed by atoms with E-state index in [2.05, 4.69) is 5.32 Å². The zero-order valence-corrected chi connectivity index (χ0v) is 10.6. The van der Waals surface area contributed by atoms with Gasteiger partial charge in [0, 0.05) is 5.41 Å². The number of halogens is 1. The van der Waals surface area contributed by atoms with Crippen LogP contribution >= 0.6 is 0 Å². The van der Waals surface area contributed by atoms with E-state index < -0.39 is 23.4 Å². The summed E-state index contributed by atoms with van der Waals surface area (Å²) >= 11 is 0. The van der Waals surface area contributed by atoms with Crippen molar-refractivity contribution in [2.75, 3.05) is 13.7 Å². The summed E-state index contributed by atoms with van der Waals surface area (Å²) in [5.41, 5.74) is -0.0507. The number of amides is 1. The largest absolute Gasteiger partial charge is 0.496 e. The summed E-state index contributed by atoms with van der Waals surface area (Å²) in [6, 6.07) is 4.13. The van der Waals surface area contributed by atoms with Crippen LogP contribution in [0.5, 0.6) is 5.75 Å². The van der Waals surface area contributed by atoms with Crippen LogP contribution in [0.15, 0.2) is 18.2 Å². The van der Waals surface area contributed by atoms with E-state index in [9.17, 15) is 9.18 Å². The molecule has 0 bridgehead atoms. The van der Waals surface area contributed by atoms with Gasteiger partial charge < -0.3 is 14.8 Å². The second kappa shape index (κ2) is 4.48. The molecule has 1 saturated heterocycles. The molecule has 0 radical (unpaired) electrons. The predicted octanol–water partition coefficient (Wildman–Crippen LogP) is 2.64. The Hall–Kier alpha value is -1.78. The molecule has 0 spiro atoms. The molecule has 2 rings (SSSR count). The van der Waals surface area contributed by atoms with E-state index >= 15 is 0 Å². The quantitative estimate of drug-likeness (QED) is 0.881. The fourth-order valence-corrected chi connectivity index (χ4v) is 2.13. The van der Waals surface area contributed by atoms with Crippen LogP contribution in [-0.2, 0) is 4.74 Å². The van der Waals surface area contributed by atoms with Crippen LogP contribution in [0.1, 0.15) is 25.5 Å². The maximum atomic E-state index is 14.0. The Balaban J connectivity index is 2.49. The van der Waals surface area contributed by atoms with E-state index in [0.29, 0.717) is 11.3 Å². The fraction of sp³-hybridized carbons (Fsp3) is 0.462. The summed E-state index contributed by atoms with van der Waals surface area (Å²) in [5.74, 6) is 0.0323. The Morgan fingerprint density at radius 3 is 2.89 bits per heavy atom. The number of benzene rings is 1. The van der Waals surface area contributed by atoms with Gasteiger partial charge in [0.2, 0.25) is 0 Å². The van der Waals surface area contributed by atoms with Gasteiger partial charge in [0.25, 0.3) is 0 Å².